The van der Waals surface area contributed by atoms with Crippen molar-refractivity contribution in [3.05, 3.63) is 0 Å². The minimum atomic E-state index is -0.847. The molecule has 0 radical (unpaired) electrons. The van der Waals surface area contributed by atoms with Crippen molar-refractivity contribution in [1.82, 2.24) is 4.90 Å². The van der Waals surface area contributed by atoms with E-state index in [9.17, 15) is 4.79 Å². The van der Waals surface area contributed by atoms with Gasteiger partial charge in [0.05, 0.1) is 46.1 Å². The van der Waals surface area contributed by atoms with E-state index < -0.39 is 5.97 Å². The maximum Gasteiger partial charge on any atom is 0.305 e. The number of likely N-dealkylation sites (N-methyl/N-ethyl adjacent to an activating group) is 1. The summed E-state index contributed by atoms with van der Waals surface area (Å²) in [5, 5.41) is 8.34. The van der Waals surface area contributed by atoms with Crippen LogP contribution in [0.25, 0.3) is 0 Å². The lowest BCUT2D eigenvalue weighted by atomic mass is 10.5. The zero-order chi connectivity index (χ0) is 12.9. The lowest BCUT2D eigenvalue weighted by molar-refractivity contribution is -0.138. The van der Waals surface area contributed by atoms with E-state index in [0.29, 0.717) is 33.0 Å². The lowest BCUT2D eigenvalue weighted by Gasteiger charge is -2.10. The molecule has 0 aliphatic rings. The summed E-state index contributed by atoms with van der Waals surface area (Å²) in [4.78, 5) is 12.2. The van der Waals surface area contributed by atoms with Crippen LogP contribution in [0.3, 0.4) is 0 Å². The molecule has 0 spiro atoms. The van der Waals surface area contributed by atoms with Crippen molar-refractivity contribution in [2.45, 2.75) is 6.42 Å². The zero-order valence-electron chi connectivity index (χ0n) is 10.7. The van der Waals surface area contributed by atoms with Crippen molar-refractivity contribution in [3.8, 4) is 0 Å². The number of aliphatic carboxylic acids is 1. The van der Waals surface area contributed by atoms with Gasteiger partial charge in [0, 0.05) is 6.54 Å². The average molecular weight is 249 g/mol. The predicted molar refractivity (Wildman–Crippen MR) is 63.3 cm³/mol. The largest absolute Gasteiger partial charge is 0.481 e. The highest BCUT2D eigenvalue weighted by atomic mass is 16.5. The molecule has 6 heteroatoms. The van der Waals surface area contributed by atoms with E-state index in [0.717, 1.165) is 6.54 Å². The van der Waals surface area contributed by atoms with Gasteiger partial charge in [-0.05, 0) is 14.1 Å². The third-order valence-corrected chi connectivity index (χ3v) is 1.89. The Morgan fingerprint density at radius 1 is 0.941 bits per heavy atom. The van der Waals surface area contributed by atoms with Gasteiger partial charge < -0.3 is 24.2 Å². The summed E-state index contributed by atoms with van der Waals surface area (Å²) in [5.74, 6) is -0.847. The molecular weight excluding hydrogens is 226 g/mol. The fourth-order valence-electron chi connectivity index (χ4n) is 0.948. The molecule has 0 heterocycles. The first-order chi connectivity index (χ1) is 8.13. The summed E-state index contributed by atoms with van der Waals surface area (Å²) in [6.07, 6.45) is 0.0354. The third kappa shape index (κ3) is 15.3. The monoisotopic (exact) mass is 249 g/mol. The van der Waals surface area contributed by atoms with Crippen LogP contribution in [0.15, 0.2) is 0 Å². The third-order valence-electron chi connectivity index (χ3n) is 1.89. The van der Waals surface area contributed by atoms with E-state index in [4.69, 9.17) is 19.3 Å². The van der Waals surface area contributed by atoms with Crippen LogP contribution in [-0.2, 0) is 19.0 Å². The Hall–Kier alpha value is -0.690. The number of nitrogens with zero attached hydrogens (tertiary/aromatic N) is 1. The molecule has 17 heavy (non-hydrogen) atoms. The molecule has 0 fully saturated rings. The van der Waals surface area contributed by atoms with Crippen LogP contribution in [0.1, 0.15) is 6.42 Å². The van der Waals surface area contributed by atoms with Crippen LogP contribution in [0, 0.1) is 0 Å². The van der Waals surface area contributed by atoms with E-state index in [1.165, 1.54) is 0 Å². The number of carbonyl (C=O) groups is 1. The van der Waals surface area contributed by atoms with Crippen LogP contribution in [0.4, 0.5) is 0 Å². The highest BCUT2D eigenvalue weighted by molar-refractivity contribution is 5.66. The first-order valence-corrected chi connectivity index (χ1v) is 5.72. The highest BCUT2D eigenvalue weighted by Crippen LogP contribution is 1.85. The molecule has 0 aliphatic heterocycles. The van der Waals surface area contributed by atoms with E-state index in [-0.39, 0.29) is 13.0 Å². The minimum Gasteiger partial charge on any atom is -0.481 e. The fraction of sp³-hybridized carbons (Fsp3) is 0.909. The Kier molecular flexibility index (Phi) is 11.3. The molecule has 6 nitrogen and oxygen atoms in total. The van der Waals surface area contributed by atoms with Crippen LogP contribution >= 0.6 is 0 Å². The predicted octanol–water partition coefficient (Wildman–Crippen LogP) is 0.0725. The van der Waals surface area contributed by atoms with Gasteiger partial charge >= 0.3 is 5.97 Å². The van der Waals surface area contributed by atoms with Crippen molar-refractivity contribution in [2.24, 2.45) is 0 Å². The Morgan fingerprint density at radius 3 is 1.88 bits per heavy atom. The zero-order valence-corrected chi connectivity index (χ0v) is 10.7. The number of carboxylic acids is 1. The molecule has 0 aliphatic carbocycles. The van der Waals surface area contributed by atoms with Gasteiger partial charge in [0.15, 0.2) is 0 Å². The summed E-state index contributed by atoms with van der Waals surface area (Å²) in [6, 6.07) is 0. The van der Waals surface area contributed by atoms with Gasteiger partial charge in [-0.15, -0.1) is 0 Å². The maximum atomic E-state index is 10.2. The smallest absolute Gasteiger partial charge is 0.305 e. The van der Waals surface area contributed by atoms with Crippen molar-refractivity contribution in [3.63, 3.8) is 0 Å². The Morgan fingerprint density at radius 2 is 1.41 bits per heavy atom. The van der Waals surface area contributed by atoms with Gasteiger partial charge in [-0.2, -0.15) is 0 Å². The van der Waals surface area contributed by atoms with Crippen LogP contribution in [-0.4, -0.2) is 76.3 Å². The van der Waals surface area contributed by atoms with Gasteiger partial charge in [0.1, 0.15) is 0 Å². The summed E-state index contributed by atoms with van der Waals surface area (Å²) in [6.45, 7) is 3.84. The Labute approximate surface area is 102 Å². The maximum absolute atomic E-state index is 10.2. The molecule has 0 rings (SSSR count). The van der Waals surface area contributed by atoms with Gasteiger partial charge in [-0.3, -0.25) is 4.79 Å². The topological polar surface area (TPSA) is 68.2 Å². The van der Waals surface area contributed by atoms with Gasteiger partial charge in [-0.1, -0.05) is 0 Å². The number of rotatable bonds is 12. The Bertz CT molecular complexity index is 187. The van der Waals surface area contributed by atoms with E-state index in [1.807, 2.05) is 14.1 Å². The van der Waals surface area contributed by atoms with E-state index >= 15 is 0 Å². The molecule has 0 bridgehead atoms. The van der Waals surface area contributed by atoms with E-state index in [1.54, 1.807) is 0 Å². The molecule has 102 valence electrons. The fourth-order valence-corrected chi connectivity index (χ4v) is 0.948. The minimum absolute atomic E-state index is 0.0354. The van der Waals surface area contributed by atoms with Gasteiger partial charge in [-0.25, -0.2) is 0 Å². The molecule has 0 aromatic carbocycles. The normalized spacial score (nSPS) is 11.0. The second-order valence-electron chi connectivity index (χ2n) is 3.78. The number of hydrogen-bond donors (Lipinski definition) is 1. The molecule has 0 saturated carbocycles. The van der Waals surface area contributed by atoms with Crippen molar-refractivity contribution in [1.29, 1.82) is 0 Å². The SMILES string of the molecule is CN(C)CCOCCOCCOCCC(=O)O. The average Bonchev–Trinajstić information content (AvgIpc) is 2.25. The summed E-state index contributed by atoms with van der Waals surface area (Å²) in [5.41, 5.74) is 0. The second kappa shape index (κ2) is 11.8. The van der Waals surface area contributed by atoms with Crippen LogP contribution in [0.2, 0.25) is 0 Å². The van der Waals surface area contributed by atoms with Crippen LogP contribution in [0.5, 0.6) is 0 Å². The van der Waals surface area contributed by atoms with Crippen molar-refractivity contribution >= 4 is 5.97 Å². The van der Waals surface area contributed by atoms with Crippen molar-refractivity contribution in [2.75, 3.05) is 60.3 Å². The molecule has 0 atom stereocenters. The lowest BCUT2D eigenvalue weighted by Crippen LogP contribution is -2.19. The first-order valence-electron chi connectivity index (χ1n) is 5.72. The second-order valence-corrected chi connectivity index (χ2v) is 3.78. The molecule has 0 saturated heterocycles. The highest BCUT2D eigenvalue weighted by Gasteiger charge is 1.96. The molecule has 0 aromatic rings. The number of carboxylic acid groups (broad SMARTS) is 1. The summed E-state index contributed by atoms with van der Waals surface area (Å²) in [7, 11) is 3.99. The molecule has 0 unspecified atom stereocenters. The summed E-state index contributed by atoms with van der Waals surface area (Å²) >= 11 is 0. The Balaban J connectivity index is 2.96. The van der Waals surface area contributed by atoms with Crippen LogP contribution < -0.4 is 0 Å². The van der Waals surface area contributed by atoms with Crippen molar-refractivity contribution < 1.29 is 24.1 Å². The van der Waals surface area contributed by atoms with E-state index in [2.05, 4.69) is 4.90 Å². The molecule has 1 N–H and O–H groups in total. The quantitative estimate of drug-likeness (QED) is 0.494. The van der Waals surface area contributed by atoms with Gasteiger partial charge in [0.25, 0.3) is 0 Å². The number of hydrogen-bond acceptors (Lipinski definition) is 5. The first kappa shape index (κ1) is 16.3. The molecule has 0 aromatic heterocycles. The standard InChI is InChI=1S/C11H23NO5/c1-12(2)4-6-16-8-10-17-9-7-15-5-3-11(13)14/h3-10H2,1-2H3,(H,13,14). The number of ether oxygens (including phenoxy) is 3. The molecular formula is C11H23NO5. The van der Waals surface area contributed by atoms with Gasteiger partial charge in [0.2, 0.25) is 0 Å². The molecule has 0 amide bonds. The summed E-state index contributed by atoms with van der Waals surface area (Å²) < 4.78 is 15.6.